The van der Waals surface area contributed by atoms with Crippen LogP contribution in [-0.4, -0.2) is 10.8 Å². The van der Waals surface area contributed by atoms with Gasteiger partial charge in [-0.15, -0.1) is 0 Å². The number of hydrogen-bond donors (Lipinski definition) is 1. The van der Waals surface area contributed by atoms with Gasteiger partial charge in [-0.2, -0.15) is 0 Å². The number of benzene rings is 1. The number of hydrogen-bond acceptors (Lipinski definition) is 3. The predicted octanol–water partition coefficient (Wildman–Crippen LogP) is 4.12. The molecule has 0 spiro atoms. The maximum absolute atomic E-state index is 6.34. The van der Waals surface area contributed by atoms with Crippen LogP contribution in [0.3, 0.4) is 0 Å². The van der Waals surface area contributed by atoms with Crippen LogP contribution in [0.25, 0.3) is 0 Å². The first-order chi connectivity index (χ1) is 10.2. The van der Waals surface area contributed by atoms with Crippen LogP contribution < -0.4 is 5.32 Å². The van der Waals surface area contributed by atoms with Crippen molar-refractivity contribution in [3.63, 3.8) is 0 Å². The van der Waals surface area contributed by atoms with E-state index < -0.39 is 0 Å². The molecule has 2 heterocycles. The summed E-state index contributed by atoms with van der Waals surface area (Å²) in [7, 11) is 0. The molecule has 3 rings (SSSR count). The summed E-state index contributed by atoms with van der Waals surface area (Å²) < 4.78 is 0. The number of pyridine rings is 1. The van der Waals surface area contributed by atoms with Crippen LogP contribution in [0.2, 0.25) is 5.02 Å². The number of rotatable bonds is 2. The second kappa shape index (κ2) is 5.70. The molecule has 1 aliphatic heterocycles. The van der Waals surface area contributed by atoms with E-state index in [-0.39, 0.29) is 6.04 Å². The fraction of sp³-hybridized carbons (Fsp3) is 0.176. The van der Waals surface area contributed by atoms with Gasteiger partial charge >= 0.3 is 0 Å². The van der Waals surface area contributed by atoms with E-state index in [4.69, 9.17) is 16.6 Å². The Kier molecular flexibility index (Phi) is 3.76. The van der Waals surface area contributed by atoms with E-state index in [2.05, 4.69) is 24.1 Å². The zero-order valence-corrected chi connectivity index (χ0v) is 12.7. The minimum absolute atomic E-state index is 0.0600. The molecule has 21 heavy (non-hydrogen) atoms. The molecular formula is C17H16ClN3. The molecule has 0 saturated carbocycles. The third-order valence-electron chi connectivity index (χ3n) is 3.70. The highest BCUT2D eigenvalue weighted by Crippen LogP contribution is 2.34. The Morgan fingerprint density at radius 1 is 1.10 bits per heavy atom. The van der Waals surface area contributed by atoms with Crippen LogP contribution >= 0.6 is 11.6 Å². The van der Waals surface area contributed by atoms with Crippen LogP contribution in [0, 0.1) is 0 Å². The minimum atomic E-state index is -0.0600. The summed E-state index contributed by atoms with van der Waals surface area (Å²) in [4.78, 5) is 8.99. The molecule has 0 amide bonds. The lowest BCUT2D eigenvalue weighted by Crippen LogP contribution is -2.29. The number of aromatic nitrogens is 1. The second-order valence-corrected chi connectivity index (χ2v) is 5.48. The molecule has 0 fully saturated rings. The van der Waals surface area contributed by atoms with Crippen molar-refractivity contribution in [1.82, 2.24) is 10.3 Å². The fourth-order valence-corrected chi connectivity index (χ4v) is 2.63. The van der Waals surface area contributed by atoms with Crippen molar-refractivity contribution in [3.05, 3.63) is 76.2 Å². The van der Waals surface area contributed by atoms with Gasteiger partial charge in [0.1, 0.15) is 11.9 Å². The number of aliphatic imine (C=N–C) groups is 1. The minimum Gasteiger partial charge on any atom is -0.344 e. The molecule has 0 radical (unpaired) electrons. The van der Waals surface area contributed by atoms with E-state index in [1.807, 2.05) is 42.6 Å². The van der Waals surface area contributed by atoms with E-state index in [1.54, 1.807) is 6.20 Å². The van der Waals surface area contributed by atoms with Crippen molar-refractivity contribution >= 4 is 17.4 Å². The Labute approximate surface area is 129 Å². The molecule has 1 aliphatic rings. The van der Waals surface area contributed by atoms with E-state index in [0.29, 0.717) is 0 Å². The summed E-state index contributed by atoms with van der Waals surface area (Å²) in [5.41, 5.74) is 4.28. The molecule has 4 heteroatoms. The lowest BCUT2D eigenvalue weighted by atomic mass is 9.97. The normalized spacial score (nSPS) is 18.2. The molecule has 1 aromatic heterocycles. The van der Waals surface area contributed by atoms with Crippen molar-refractivity contribution in [3.8, 4) is 0 Å². The van der Waals surface area contributed by atoms with Gasteiger partial charge < -0.3 is 5.32 Å². The molecular weight excluding hydrogens is 282 g/mol. The van der Waals surface area contributed by atoms with E-state index in [9.17, 15) is 0 Å². The maximum Gasteiger partial charge on any atom is 0.134 e. The molecule has 1 atom stereocenters. The summed E-state index contributed by atoms with van der Waals surface area (Å²) >= 11 is 6.34. The van der Waals surface area contributed by atoms with Crippen LogP contribution in [0.15, 0.2) is 65.1 Å². The van der Waals surface area contributed by atoms with Crippen LogP contribution in [0.1, 0.15) is 31.0 Å². The van der Waals surface area contributed by atoms with Crippen LogP contribution in [0.4, 0.5) is 0 Å². The Bertz CT molecular complexity index is 720. The van der Waals surface area contributed by atoms with Crippen molar-refractivity contribution in [2.45, 2.75) is 19.9 Å². The van der Waals surface area contributed by atoms with Gasteiger partial charge in [0.05, 0.1) is 0 Å². The molecule has 2 aromatic rings. The first-order valence-electron chi connectivity index (χ1n) is 6.84. The van der Waals surface area contributed by atoms with Crippen molar-refractivity contribution in [1.29, 1.82) is 0 Å². The van der Waals surface area contributed by atoms with Crippen molar-refractivity contribution < 1.29 is 0 Å². The fourth-order valence-electron chi connectivity index (χ4n) is 2.39. The predicted molar refractivity (Wildman–Crippen MR) is 86.5 cm³/mol. The smallest absolute Gasteiger partial charge is 0.134 e. The lowest BCUT2D eigenvalue weighted by Gasteiger charge is -2.26. The maximum atomic E-state index is 6.34. The Balaban J connectivity index is 2.07. The molecule has 0 saturated heterocycles. The molecule has 106 valence electrons. The largest absolute Gasteiger partial charge is 0.344 e. The Morgan fingerprint density at radius 3 is 2.62 bits per heavy atom. The summed E-state index contributed by atoms with van der Waals surface area (Å²) in [6, 6.07) is 11.7. The van der Waals surface area contributed by atoms with E-state index in [1.165, 1.54) is 5.57 Å². The first-order valence-corrected chi connectivity index (χ1v) is 7.21. The molecule has 1 unspecified atom stereocenters. The summed E-state index contributed by atoms with van der Waals surface area (Å²) in [5.74, 6) is 0.830. The molecule has 3 nitrogen and oxygen atoms in total. The van der Waals surface area contributed by atoms with E-state index in [0.717, 1.165) is 27.7 Å². The van der Waals surface area contributed by atoms with Gasteiger partial charge in [0.2, 0.25) is 0 Å². The highest BCUT2D eigenvalue weighted by atomic mass is 35.5. The summed E-state index contributed by atoms with van der Waals surface area (Å²) in [6.45, 7) is 4.14. The molecule has 0 aliphatic carbocycles. The molecule has 1 N–H and O–H groups in total. The Hall–Kier alpha value is -2.13. The zero-order chi connectivity index (χ0) is 14.8. The highest BCUT2D eigenvalue weighted by molar-refractivity contribution is 6.31. The average Bonchev–Trinajstić information content (AvgIpc) is 2.51. The van der Waals surface area contributed by atoms with Gasteiger partial charge in [-0.05, 0) is 43.2 Å². The molecule has 0 bridgehead atoms. The van der Waals surface area contributed by atoms with E-state index >= 15 is 0 Å². The van der Waals surface area contributed by atoms with Gasteiger partial charge in [-0.3, -0.25) is 9.98 Å². The highest BCUT2D eigenvalue weighted by Gasteiger charge is 2.23. The van der Waals surface area contributed by atoms with Gasteiger partial charge in [0, 0.05) is 28.7 Å². The third-order valence-corrected chi connectivity index (χ3v) is 4.04. The lowest BCUT2D eigenvalue weighted by molar-refractivity contribution is 0.782. The number of halogens is 1. The summed E-state index contributed by atoms with van der Waals surface area (Å²) in [5, 5.41) is 4.09. The van der Waals surface area contributed by atoms with Crippen LogP contribution in [0.5, 0.6) is 0 Å². The van der Waals surface area contributed by atoms with Gasteiger partial charge in [0.25, 0.3) is 0 Å². The second-order valence-electron chi connectivity index (χ2n) is 5.08. The van der Waals surface area contributed by atoms with Crippen LogP contribution in [-0.2, 0) is 0 Å². The Morgan fingerprint density at radius 2 is 1.90 bits per heavy atom. The number of nitrogens with one attached hydrogen (secondary N) is 1. The van der Waals surface area contributed by atoms with Gasteiger partial charge in [0.15, 0.2) is 0 Å². The standard InChI is InChI=1S/C17H16ClN3/c1-11-12(2)20-17(13-6-5-9-19-10-13)21-16(11)14-7-3-4-8-15(14)18/h3-10,16H,1-2H3,(H,20,21). The van der Waals surface area contributed by atoms with Gasteiger partial charge in [-0.1, -0.05) is 29.8 Å². The zero-order valence-electron chi connectivity index (χ0n) is 12.0. The molecule has 1 aromatic carbocycles. The number of amidine groups is 1. The summed E-state index contributed by atoms with van der Waals surface area (Å²) in [6.07, 6.45) is 3.57. The number of allylic oxidation sites excluding steroid dienone is 1. The SMILES string of the molecule is CC1=C(C)C(c2ccccc2Cl)N=C(c2cccnc2)N1. The first kappa shape index (κ1) is 13.8. The monoisotopic (exact) mass is 297 g/mol. The van der Waals surface area contributed by atoms with Crippen molar-refractivity contribution in [2.75, 3.05) is 0 Å². The quantitative estimate of drug-likeness (QED) is 0.905. The average molecular weight is 298 g/mol. The van der Waals surface area contributed by atoms with Gasteiger partial charge in [-0.25, -0.2) is 0 Å². The number of nitrogens with zero attached hydrogens (tertiary/aromatic N) is 2. The topological polar surface area (TPSA) is 37.3 Å². The third kappa shape index (κ3) is 2.69. The van der Waals surface area contributed by atoms with Crippen molar-refractivity contribution in [2.24, 2.45) is 4.99 Å².